The van der Waals surface area contributed by atoms with Gasteiger partial charge in [-0.15, -0.1) is 19.8 Å². The standard InChI is InChI=1S/C56H61N11O7S.C31H41N7O2/c1-8-43(37-72-50-25-15-38(2)33-39(50)3)54(69)60-45-16-26-51(74-49-23-21-48(71-7)22-24-49)44(35-45)27-32-73-75(70)59-36-40(4)53-61-55-56(65-30-12-29-58-65,52(62-67(55)63-53)34-42-13-10-9-11-14-42)66(41(5)68)47-19-17-46(18-20-47)64(6)31-28-57;1-8-35(7)26-12-13-27(22(3)20-26)37(25(6)39)31(36-16-9-10-17-36)24(5)33-38-30(31)32-29(34-38)15-18-40-28-14-11-21(2)19-23(28)4/h9-26,29-30,33,35,40,43,59H,8,27,32,34,36-37,57H2,1-7H3,(H,60,69);11-14,19-20H,8-10,15-18H2,1-7H3. The largest absolute Gasteiger partial charge is 0.497 e. The number of carbonyl (C=O) groups excluding carboxylic acids is 3. The lowest BCUT2D eigenvalue weighted by molar-refractivity contribution is -0.121. The van der Waals surface area contributed by atoms with E-state index in [0.29, 0.717) is 89.1 Å². The molecular formula is C87H102N18O9S. The number of likely N-dealkylation sites (tertiary alicyclic amines) is 1. The summed E-state index contributed by atoms with van der Waals surface area (Å²) in [5.74, 6) is 4.09. The molecule has 4 N–H and O–H groups in total. The number of amides is 3. The minimum atomic E-state index is -1.94. The zero-order valence-electron chi connectivity index (χ0n) is 67.9. The van der Waals surface area contributed by atoms with E-state index in [1.807, 2.05) is 124 Å². The third kappa shape index (κ3) is 18.1. The molecule has 115 heavy (non-hydrogen) atoms. The van der Waals surface area contributed by atoms with E-state index in [0.717, 1.165) is 94.6 Å². The molecule has 0 spiro atoms. The lowest BCUT2D eigenvalue weighted by atomic mass is 9.94. The van der Waals surface area contributed by atoms with Gasteiger partial charge in [-0.25, -0.2) is 23.6 Å². The highest BCUT2D eigenvalue weighted by Crippen LogP contribution is 2.45. The van der Waals surface area contributed by atoms with Gasteiger partial charge in [-0.3, -0.25) is 33.3 Å². The molecule has 0 saturated carbocycles. The van der Waals surface area contributed by atoms with Crippen molar-refractivity contribution in [3.63, 3.8) is 0 Å². The van der Waals surface area contributed by atoms with Crippen LogP contribution < -0.4 is 54.3 Å². The van der Waals surface area contributed by atoms with E-state index < -0.39 is 34.4 Å². The Morgan fingerprint density at radius 1 is 0.678 bits per heavy atom. The van der Waals surface area contributed by atoms with Crippen LogP contribution in [0.5, 0.6) is 28.7 Å². The van der Waals surface area contributed by atoms with Gasteiger partial charge in [-0.1, -0.05) is 79.6 Å². The van der Waals surface area contributed by atoms with Crippen LogP contribution in [0.15, 0.2) is 180 Å². The van der Waals surface area contributed by atoms with Crippen molar-refractivity contribution < 1.29 is 41.7 Å². The van der Waals surface area contributed by atoms with Crippen molar-refractivity contribution in [1.82, 2.24) is 49.1 Å². The number of nitrogens with zero attached hydrogens (tertiary/aromatic N) is 15. The van der Waals surface area contributed by atoms with Crippen LogP contribution in [0.4, 0.5) is 28.4 Å². The summed E-state index contributed by atoms with van der Waals surface area (Å²) in [6, 6.07) is 55.2. The van der Waals surface area contributed by atoms with Gasteiger partial charge in [0.25, 0.3) is 0 Å². The van der Waals surface area contributed by atoms with Gasteiger partial charge in [0.2, 0.25) is 52.0 Å². The zero-order valence-corrected chi connectivity index (χ0v) is 68.7. The molecular weight excluding hydrogens is 1470 g/mol. The highest BCUT2D eigenvalue weighted by molar-refractivity contribution is 7.78. The van der Waals surface area contributed by atoms with Crippen LogP contribution in [0.25, 0.3) is 0 Å². The van der Waals surface area contributed by atoms with Gasteiger partial charge < -0.3 is 39.8 Å². The van der Waals surface area contributed by atoms with E-state index in [9.17, 15) is 18.6 Å². The van der Waals surface area contributed by atoms with Gasteiger partial charge in [0.1, 0.15) is 34.5 Å². The molecule has 27 nitrogen and oxygen atoms in total. The first-order chi connectivity index (χ1) is 55.5. The maximum Gasteiger partial charge on any atom is 0.243 e. The Morgan fingerprint density at radius 2 is 1.33 bits per heavy atom. The summed E-state index contributed by atoms with van der Waals surface area (Å²) in [5, 5.41) is 27.3. The highest BCUT2D eigenvalue weighted by Gasteiger charge is 2.58. The number of hydrogen-bond donors (Lipinski definition) is 3. The second-order valence-corrected chi connectivity index (χ2v) is 30.0. The molecule has 5 atom stereocenters. The molecule has 0 radical (unpaired) electrons. The minimum Gasteiger partial charge on any atom is -0.497 e. The molecule has 3 amide bonds. The molecule has 3 aromatic heterocycles. The van der Waals surface area contributed by atoms with Crippen molar-refractivity contribution in [1.29, 1.82) is 0 Å². The number of ether oxygens (including phenoxy) is 4. The maximum atomic E-state index is 14.2. The van der Waals surface area contributed by atoms with Crippen LogP contribution in [-0.2, 0) is 60.4 Å². The number of aryl methyl sites for hydroxylation is 5. The molecule has 1 fully saturated rings. The van der Waals surface area contributed by atoms with E-state index in [1.165, 1.54) is 17.3 Å². The maximum absolute atomic E-state index is 14.2. The Morgan fingerprint density at radius 3 is 1.97 bits per heavy atom. The van der Waals surface area contributed by atoms with Crippen molar-refractivity contribution in [3.05, 3.63) is 232 Å². The molecule has 5 unspecified atom stereocenters. The molecule has 10 aromatic rings. The van der Waals surface area contributed by atoms with Gasteiger partial charge in [-0.05, 0) is 199 Å². The van der Waals surface area contributed by atoms with Crippen molar-refractivity contribution >= 4 is 68.8 Å². The van der Waals surface area contributed by atoms with E-state index >= 15 is 0 Å². The Bertz CT molecular complexity index is 5250. The molecule has 0 bridgehead atoms. The van der Waals surface area contributed by atoms with Crippen LogP contribution in [0.1, 0.15) is 129 Å². The molecule has 28 heteroatoms. The van der Waals surface area contributed by atoms with E-state index in [1.54, 1.807) is 95.2 Å². The molecule has 600 valence electrons. The molecule has 3 aliphatic heterocycles. The monoisotopic (exact) mass is 1570 g/mol. The fraction of sp³-hybridized carbons (Fsp3) is 0.356. The molecule has 13 rings (SSSR count). The van der Waals surface area contributed by atoms with Crippen molar-refractivity contribution in [3.8, 4) is 40.8 Å². The highest BCUT2D eigenvalue weighted by atomic mass is 32.2. The van der Waals surface area contributed by atoms with Crippen LogP contribution >= 0.6 is 0 Å². The van der Waals surface area contributed by atoms with Gasteiger partial charge in [-0.2, -0.15) is 15.3 Å². The third-order valence-electron chi connectivity index (χ3n) is 20.9. The Balaban J connectivity index is 0.000000256. The van der Waals surface area contributed by atoms with Crippen molar-refractivity contribution in [2.45, 2.75) is 132 Å². The second kappa shape index (κ2) is 36.8. The number of benzene rings is 7. The Hall–Kier alpha value is -12.0. The quantitative estimate of drug-likeness (QED) is 0.0261. The number of fused-ring (bicyclic) bond motifs is 2. The topological polar surface area (TPSA) is 285 Å². The first-order valence-electron chi connectivity index (χ1n) is 38.8. The number of nitrogens with two attached hydrogens (primary N) is 1. The predicted molar refractivity (Wildman–Crippen MR) is 449 cm³/mol. The average molecular weight is 1580 g/mol. The lowest BCUT2D eigenvalue weighted by Gasteiger charge is -2.46. The lowest BCUT2D eigenvalue weighted by Crippen LogP contribution is -2.63. The number of carbonyl (C=O) groups is 3. The number of aromatic nitrogens is 8. The third-order valence-corrected chi connectivity index (χ3v) is 21.6. The fourth-order valence-electron chi connectivity index (χ4n) is 14.8. The summed E-state index contributed by atoms with van der Waals surface area (Å²) < 4.78 is 47.8. The van der Waals surface area contributed by atoms with E-state index in [-0.39, 0.29) is 43.9 Å². The van der Waals surface area contributed by atoms with Crippen LogP contribution in [0.3, 0.4) is 0 Å². The Labute approximate surface area is 675 Å². The summed E-state index contributed by atoms with van der Waals surface area (Å²) in [6.45, 7) is 24.8. The minimum absolute atomic E-state index is 0.0343. The smallest absolute Gasteiger partial charge is 0.243 e. The van der Waals surface area contributed by atoms with Crippen molar-refractivity contribution in [2.75, 3.05) is 92.1 Å². The SMILES string of the molecule is CCC(COc1ccc(C)cc1C)C(=O)Nc1ccc(Oc2ccc(OC)cc2)c(CCOS(=O)NCC(C)c2nc3n(n2)N=C(Cc2ccccc2)C3(N(C(C)=O)c2ccc(N(C)C#CN)cc2)n2cccn2)c1.CCN(C)c1ccc(N(C(C)=O)C2(N3CCCC3)C(C)=Nn3nc(CCOc4ccc(C)cc4C)nc32)c(C)c1. The summed E-state index contributed by atoms with van der Waals surface area (Å²) in [6.07, 6.45) is 7.27. The summed E-state index contributed by atoms with van der Waals surface area (Å²) in [7, 11) is 5.46. The van der Waals surface area contributed by atoms with Crippen LogP contribution in [0.2, 0.25) is 0 Å². The number of nitrogens with one attached hydrogen (secondary N) is 2. The number of methoxy groups -OCH3 is 1. The van der Waals surface area contributed by atoms with Gasteiger partial charge in [0, 0.05) is 132 Å². The zero-order chi connectivity index (χ0) is 81.7. The number of anilines is 5. The number of rotatable bonds is 32. The first kappa shape index (κ1) is 82.4. The van der Waals surface area contributed by atoms with Gasteiger partial charge in [0.05, 0.1) is 38.6 Å². The fourth-order valence-corrected chi connectivity index (χ4v) is 15.5. The summed E-state index contributed by atoms with van der Waals surface area (Å²) in [5.41, 5.74) is 15.4. The molecule has 1 saturated heterocycles. The molecule has 7 aromatic carbocycles. The van der Waals surface area contributed by atoms with E-state index in [4.69, 9.17) is 64.3 Å². The van der Waals surface area contributed by atoms with Crippen molar-refractivity contribution in [2.24, 2.45) is 21.9 Å². The van der Waals surface area contributed by atoms with Crippen LogP contribution in [0, 0.1) is 52.6 Å². The van der Waals surface area contributed by atoms with Gasteiger partial charge >= 0.3 is 0 Å². The predicted octanol–water partition coefficient (Wildman–Crippen LogP) is 12.8. The average Bonchev–Trinajstić information content (AvgIpc) is 1.56. The molecule has 3 aliphatic rings. The second-order valence-electron chi connectivity index (χ2n) is 29.0. The number of hydrogen-bond acceptors (Lipinski definition) is 20. The van der Waals surface area contributed by atoms with E-state index in [2.05, 4.69) is 97.0 Å². The van der Waals surface area contributed by atoms with Gasteiger partial charge in [0.15, 0.2) is 11.6 Å². The normalized spacial score (nSPS) is 16.1. The summed E-state index contributed by atoms with van der Waals surface area (Å²) in [4.78, 5) is 64.4. The molecule has 0 aliphatic carbocycles. The molecule has 6 heterocycles. The van der Waals surface area contributed by atoms with Crippen LogP contribution in [-0.4, -0.2) is 145 Å². The summed E-state index contributed by atoms with van der Waals surface area (Å²) >= 11 is -1.94. The first-order valence-corrected chi connectivity index (χ1v) is 39.8. The Kier molecular flexibility index (Phi) is 26.4.